The van der Waals surface area contributed by atoms with Gasteiger partial charge in [-0.05, 0) is 24.6 Å². The number of phenols is 1. The van der Waals surface area contributed by atoms with Gasteiger partial charge in [0.15, 0.2) is 0 Å². The fourth-order valence-corrected chi connectivity index (χ4v) is 2.41. The Morgan fingerprint density at radius 3 is 2.53 bits per heavy atom. The van der Waals surface area contributed by atoms with Gasteiger partial charge in [-0.3, -0.25) is 0 Å². The second-order valence-corrected chi connectivity index (χ2v) is 5.25. The molecular weight excluding hydrogens is 281 g/mol. The third kappa shape index (κ3) is 3.63. The van der Waals surface area contributed by atoms with E-state index in [2.05, 4.69) is 24.4 Å². The zero-order valence-corrected chi connectivity index (χ0v) is 12.0. The van der Waals surface area contributed by atoms with Crippen molar-refractivity contribution >= 4 is 23.2 Å². The SMILES string of the molecule is CC(NCc1cc(Cl)cc(Cl)c1O)c1ccccc1. The molecule has 2 nitrogen and oxygen atoms in total. The number of rotatable bonds is 4. The van der Waals surface area contributed by atoms with Crippen molar-refractivity contribution in [1.82, 2.24) is 5.32 Å². The molecule has 0 amide bonds. The number of nitrogens with one attached hydrogen (secondary N) is 1. The van der Waals surface area contributed by atoms with E-state index in [0.29, 0.717) is 17.1 Å². The van der Waals surface area contributed by atoms with Crippen LogP contribution in [0.25, 0.3) is 0 Å². The Morgan fingerprint density at radius 1 is 1.16 bits per heavy atom. The van der Waals surface area contributed by atoms with E-state index in [0.717, 1.165) is 0 Å². The van der Waals surface area contributed by atoms with Gasteiger partial charge in [0.1, 0.15) is 5.75 Å². The number of halogens is 2. The molecule has 1 atom stereocenters. The van der Waals surface area contributed by atoms with Gasteiger partial charge in [-0.15, -0.1) is 0 Å². The lowest BCUT2D eigenvalue weighted by Crippen LogP contribution is -2.18. The van der Waals surface area contributed by atoms with Gasteiger partial charge in [0, 0.05) is 23.2 Å². The van der Waals surface area contributed by atoms with Gasteiger partial charge in [-0.25, -0.2) is 0 Å². The molecular formula is C15H15Cl2NO. The maximum absolute atomic E-state index is 9.87. The van der Waals surface area contributed by atoms with E-state index in [1.807, 2.05) is 18.2 Å². The zero-order chi connectivity index (χ0) is 13.8. The summed E-state index contributed by atoms with van der Waals surface area (Å²) in [6, 6.07) is 13.5. The van der Waals surface area contributed by atoms with Crippen LogP contribution in [0.3, 0.4) is 0 Å². The molecule has 2 rings (SSSR count). The molecule has 0 bridgehead atoms. The lowest BCUT2D eigenvalue weighted by Gasteiger charge is -2.15. The maximum atomic E-state index is 9.87. The van der Waals surface area contributed by atoms with Crippen LogP contribution in [0.4, 0.5) is 0 Å². The predicted molar refractivity (Wildman–Crippen MR) is 79.8 cm³/mol. The minimum atomic E-state index is 0.0822. The van der Waals surface area contributed by atoms with Crippen molar-refractivity contribution in [2.45, 2.75) is 19.5 Å². The summed E-state index contributed by atoms with van der Waals surface area (Å²) < 4.78 is 0. The van der Waals surface area contributed by atoms with Crippen molar-refractivity contribution in [2.24, 2.45) is 0 Å². The highest BCUT2D eigenvalue weighted by atomic mass is 35.5. The summed E-state index contributed by atoms with van der Waals surface area (Å²) in [7, 11) is 0. The molecule has 0 saturated carbocycles. The molecule has 19 heavy (non-hydrogen) atoms. The first kappa shape index (κ1) is 14.2. The highest BCUT2D eigenvalue weighted by molar-refractivity contribution is 6.35. The first-order chi connectivity index (χ1) is 9.08. The third-order valence-electron chi connectivity index (χ3n) is 3.01. The molecule has 0 radical (unpaired) electrons. The molecule has 0 aromatic heterocycles. The van der Waals surface area contributed by atoms with Crippen LogP contribution in [0.15, 0.2) is 42.5 Å². The predicted octanol–water partition coefficient (Wildman–Crippen LogP) is 4.55. The van der Waals surface area contributed by atoms with E-state index in [9.17, 15) is 5.11 Å². The molecule has 0 spiro atoms. The van der Waals surface area contributed by atoms with E-state index < -0.39 is 0 Å². The van der Waals surface area contributed by atoms with Gasteiger partial charge in [-0.2, -0.15) is 0 Å². The van der Waals surface area contributed by atoms with E-state index in [1.165, 1.54) is 11.6 Å². The van der Waals surface area contributed by atoms with Crippen LogP contribution >= 0.6 is 23.2 Å². The molecule has 100 valence electrons. The van der Waals surface area contributed by atoms with Crippen molar-refractivity contribution in [3.05, 3.63) is 63.6 Å². The van der Waals surface area contributed by atoms with E-state index in [-0.39, 0.29) is 16.8 Å². The van der Waals surface area contributed by atoms with Crippen molar-refractivity contribution in [2.75, 3.05) is 0 Å². The maximum Gasteiger partial charge on any atom is 0.138 e. The average Bonchev–Trinajstić information content (AvgIpc) is 2.41. The Kier molecular flexibility index (Phi) is 4.70. The standard InChI is InChI=1S/C15H15Cl2NO/c1-10(11-5-3-2-4-6-11)18-9-12-7-13(16)8-14(17)15(12)19/h2-8,10,18-19H,9H2,1H3. The van der Waals surface area contributed by atoms with Crippen LogP contribution in [-0.2, 0) is 6.54 Å². The number of benzene rings is 2. The Morgan fingerprint density at radius 2 is 1.84 bits per heavy atom. The molecule has 0 aliphatic heterocycles. The van der Waals surface area contributed by atoms with Crippen LogP contribution in [0.2, 0.25) is 10.0 Å². The van der Waals surface area contributed by atoms with Crippen molar-refractivity contribution in [3.63, 3.8) is 0 Å². The van der Waals surface area contributed by atoms with Gasteiger partial charge in [0.05, 0.1) is 5.02 Å². The van der Waals surface area contributed by atoms with Crippen LogP contribution in [0, 0.1) is 0 Å². The van der Waals surface area contributed by atoms with Crippen molar-refractivity contribution < 1.29 is 5.11 Å². The van der Waals surface area contributed by atoms with Gasteiger partial charge >= 0.3 is 0 Å². The molecule has 2 aromatic carbocycles. The molecule has 0 aliphatic carbocycles. The monoisotopic (exact) mass is 295 g/mol. The molecule has 0 fully saturated rings. The van der Waals surface area contributed by atoms with Crippen LogP contribution < -0.4 is 5.32 Å². The lowest BCUT2D eigenvalue weighted by atomic mass is 10.1. The van der Waals surface area contributed by atoms with E-state index in [4.69, 9.17) is 23.2 Å². The van der Waals surface area contributed by atoms with Gasteiger partial charge < -0.3 is 10.4 Å². The summed E-state index contributed by atoms with van der Waals surface area (Å²) in [5, 5.41) is 14.0. The quantitative estimate of drug-likeness (QED) is 0.867. The zero-order valence-electron chi connectivity index (χ0n) is 10.5. The Labute approximate surface area is 123 Å². The molecule has 0 saturated heterocycles. The van der Waals surface area contributed by atoms with Crippen molar-refractivity contribution in [1.29, 1.82) is 0 Å². The molecule has 0 aliphatic rings. The summed E-state index contributed by atoms with van der Waals surface area (Å²) in [6.07, 6.45) is 0. The van der Waals surface area contributed by atoms with Gasteiger partial charge in [0.2, 0.25) is 0 Å². The fraction of sp³-hybridized carbons (Fsp3) is 0.200. The average molecular weight is 296 g/mol. The smallest absolute Gasteiger partial charge is 0.138 e. The summed E-state index contributed by atoms with van der Waals surface area (Å²) in [6.45, 7) is 2.57. The lowest BCUT2D eigenvalue weighted by molar-refractivity contribution is 0.460. The molecule has 2 N–H and O–H groups in total. The summed E-state index contributed by atoms with van der Waals surface area (Å²) >= 11 is 11.8. The molecule has 1 unspecified atom stereocenters. The van der Waals surface area contributed by atoms with Crippen LogP contribution in [0.1, 0.15) is 24.1 Å². The Hall–Kier alpha value is -1.22. The number of hydrogen-bond donors (Lipinski definition) is 2. The second kappa shape index (κ2) is 6.29. The fourth-order valence-electron chi connectivity index (χ4n) is 1.88. The van der Waals surface area contributed by atoms with Gasteiger partial charge in [-0.1, -0.05) is 53.5 Å². The van der Waals surface area contributed by atoms with E-state index >= 15 is 0 Å². The number of aromatic hydroxyl groups is 1. The summed E-state index contributed by atoms with van der Waals surface area (Å²) in [5.41, 5.74) is 1.88. The Balaban J connectivity index is 2.07. The van der Waals surface area contributed by atoms with Crippen LogP contribution in [0.5, 0.6) is 5.75 Å². The number of phenolic OH excluding ortho intramolecular Hbond substituents is 1. The van der Waals surface area contributed by atoms with Gasteiger partial charge in [0.25, 0.3) is 0 Å². The first-order valence-electron chi connectivity index (χ1n) is 6.03. The highest BCUT2D eigenvalue weighted by Crippen LogP contribution is 2.31. The summed E-state index contributed by atoms with van der Waals surface area (Å²) in [5.74, 6) is 0.0822. The van der Waals surface area contributed by atoms with Crippen molar-refractivity contribution in [3.8, 4) is 5.75 Å². The third-order valence-corrected chi connectivity index (χ3v) is 3.51. The minimum absolute atomic E-state index is 0.0822. The molecule has 0 heterocycles. The molecule has 2 aromatic rings. The number of hydrogen-bond acceptors (Lipinski definition) is 2. The van der Waals surface area contributed by atoms with E-state index in [1.54, 1.807) is 6.07 Å². The Bertz CT molecular complexity index is 558. The largest absolute Gasteiger partial charge is 0.506 e. The topological polar surface area (TPSA) is 32.3 Å². The van der Waals surface area contributed by atoms with Crippen LogP contribution in [-0.4, -0.2) is 5.11 Å². The normalized spacial score (nSPS) is 12.4. The second-order valence-electron chi connectivity index (χ2n) is 4.41. The molecule has 4 heteroatoms. The summed E-state index contributed by atoms with van der Waals surface area (Å²) in [4.78, 5) is 0. The highest BCUT2D eigenvalue weighted by Gasteiger charge is 2.10. The first-order valence-corrected chi connectivity index (χ1v) is 6.78. The minimum Gasteiger partial charge on any atom is -0.506 e.